The Kier molecular flexibility index (Phi) is 4.36. The lowest BCUT2D eigenvalue weighted by Gasteiger charge is -2.11. The summed E-state index contributed by atoms with van der Waals surface area (Å²) >= 11 is 8.25. The van der Waals surface area contributed by atoms with E-state index in [4.69, 9.17) is 5.73 Å². The van der Waals surface area contributed by atoms with Gasteiger partial charge in [-0.1, -0.05) is 6.07 Å². The van der Waals surface area contributed by atoms with Crippen molar-refractivity contribution in [2.24, 2.45) is 5.73 Å². The molecule has 0 aliphatic carbocycles. The van der Waals surface area contributed by atoms with E-state index in [0.717, 1.165) is 16.5 Å². The highest BCUT2D eigenvalue weighted by molar-refractivity contribution is 9.10. The largest absolute Gasteiger partial charge is 0.324 e. The molecule has 0 spiro atoms. The fourth-order valence-electron chi connectivity index (χ4n) is 1.54. The molecule has 1 aromatic carbocycles. The lowest BCUT2D eigenvalue weighted by Crippen LogP contribution is -2.12. The van der Waals surface area contributed by atoms with Gasteiger partial charge in [0.15, 0.2) is 0 Å². The zero-order chi connectivity index (χ0) is 12.4. The molecule has 0 fully saturated rings. The van der Waals surface area contributed by atoms with Crippen LogP contribution < -0.4 is 5.73 Å². The number of thiophene rings is 1. The van der Waals surface area contributed by atoms with E-state index >= 15 is 0 Å². The molecule has 1 unspecified atom stereocenters. The summed E-state index contributed by atoms with van der Waals surface area (Å²) in [5.74, 6) is -0.264. The predicted octanol–water partition coefficient (Wildman–Crippen LogP) is 4.65. The molecule has 1 nitrogen and oxygen atoms in total. The van der Waals surface area contributed by atoms with E-state index in [1.54, 1.807) is 23.5 Å². The first-order chi connectivity index (χ1) is 8.06. The summed E-state index contributed by atoms with van der Waals surface area (Å²) < 4.78 is 14.6. The highest BCUT2D eigenvalue weighted by Crippen LogP contribution is 2.26. The van der Waals surface area contributed by atoms with Gasteiger partial charge in [-0.25, -0.2) is 4.39 Å². The van der Waals surface area contributed by atoms with Crippen molar-refractivity contribution in [3.05, 3.63) is 54.8 Å². The van der Waals surface area contributed by atoms with E-state index < -0.39 is 0 Å². The van der Waals surface area contributed by atoms with Crippen molar-refractivity contribution in [2.45, 2.75) is 12.5 Å². The molecule has 0 saturated carbocycles. The zero-order valence-corrected chi connectivity index (χ0v) is 12.8. The Labute approximate surface area is 120 Å². The standard InChI is InChI=1S/C12H10Br2FNS/c13-8-4-9(17-6-8)5-12(16)7-1-2-11(15)10(14)3-7/h1-4,6,12H,5,16H2. The fraction of sp³-hybridized carbons (Fsp3) is 0.167. The lowest BCUT2D eigenvalue weighted by atomic mass is 10.0. The monoisotopic (exact) mass is 377 g/mol. The minimum atomic E-state index is -0.264. The summed E-state index contributed by atoms with van der Waals surface area (Å²) in [6.45, 7) is 0. The average molecular weight is 379 g/mol. The maximum Gasteiger partial charge on any atom is 0.137 e. The van der Waals surface area contributed by atoms with Crippen LogP contribution in [0.4, 0.5) is 4.39 Å². The van der Waals surface area contributed by atoms with Gasteiger partial charge >= 0.3 is 0 Å². The Morgan fingerprint density at radius 1 is 1.29 bits per heavy atom. The molecular formula is C12H10Br2FNS. The number of hydrogen-bond acceptors (Lipinski definition) is 2. The third-order valence-electron chi connectivity index (χ3n) is 2.41. The van der Waals surface area contributed by atoms with E-state index in [2.05, 4.69) is 37.9 Å². The van der Waals surface area contributed by atoms with Gasteiger partial charge in [-0.2, -0.15) is 0 Å². The Bertz CT molecular complexity index is 527. The van der Waals surface area contributed by atoms with Gasteiger partial charge in [0.25, 0.3) is 0 Å². The van der Waals surface area contributed by atoms with Crippen molar-refractivity contribution in [3.63, 3.8) is 0 Å². The van der Waals surface area contributed by atoms with Gasteiger partial charge in [0, 0.05) is 27.2 Å². The third-order valence-corrected chi connectivity index (χ3v) is 4.74. The van der Waals surface area contributed by atoms with Gasteiger partial charge in [0.1, 0.15) is 5.82 Å². The van der Waals surface area contributed by atoms with Gasteiger partial charge in [-0.05, 0) is 55.6 Å². The van der Waals surface area contributed by atoms with Crippen molar-refractivity contribution in [2.75, 3.05) is 0 Å². The van der Waals surface area contributed by atoms with E-state index in [1.165, 1.54) is 10.9 Å². The van der Waals surface area contributed by atoms with Crippen molar-refractivity contribution in [3.8, 4) is 0 Å². The van der Waals surface area contributed by atoms with Crippen LogP contribution in [0.5, 0.6) is 0 Å². The van der Waals surface area contributed by atoms with Crippen molar-refractivity contribution in [1.82, 2.24) is 0 Å². The van der Waals surface area contributed by atoms with E-state index in [-0.39, 0.29) is 11.9 Å². The number of rotatable bonds is 3. The minimum absolute atomic E-state index is 0.113. The second kappa shape index (κ2) is 5.61. The smallest absolute Gasteiger partial charge is 0.137 e. The molecule has 2 rings (SSSR count). The molecule has 2 N–H and O–H groups in total. The van der Waals surface area contributed by atoms with E-state index in [1.807, 2.05) is 5.38 Å². The molecule has 0 aliphatic heterocycles. The Morgan fingerprint density at radius 2 is 2.06 bits per heavy atom. The second-order valence-electron chi connectivity index (χ2n) is 3.72. The second-order valence-corrected chi connectivity index (χ2v) is 6.48. The van der Waals surface area contributed by atoms with Crippen LogP contribution in [0.2, 0.25) is 0 Å². The lowest BCUT2D eigenvalue weighted by molar-refractivity contribution is 0.617. The number of hydrogen-bond donors (Lipinski definition) is 1. The quantitative estimate of drug-likeness (QED) is 0.826. The van der Waals surface area contributed by atoms with Crippen LogP contribution in [0.3, 0.4) is 0 Å². The molecule has 0 aliphatic rings. The first kappa shape index (κ1) is 13.2. The van der Waals surface area contributed by atoms with Gasteiger partial charge in [-0.3, -0.25) is 0 Å². The summed E-state index contributed by atoms with van der Waals surface area (Å²) in [7, 11) is 0. The first-order valence-electron chi connectivity index (χ1n) is 4.99. The van der Waals surface area contributed by atoms with Crippen LogP contribution in [0.15, 0.2) is 38.6 Å². The number of halogens is 3. The first-order valence-corrected chi connectivity index (χ1v) is 7.46. The average Bonchev–Trinajstić information content (AvgIpc) is 2.68. The van der Waals surface area contributed by atoms with E-state index in [0.29, 0.717) is 4.47 Å². The normalized spacial score (nSPS) is 12.7. The van der Waals surface area contributed by atoms with Crippen LogP contribution in [0.25, 0.3) is 0 Å². The molecule has 1 atom stereocenters. The number of benzene rings is 1. The van der Waals surface area contributed by atoms with Crippen LogP contribution in [0.1, 0.15) is 16.5 Å². The maximum absolute atomic E-state index is 13.1. The van der Waals surface area contributed by atoms with Gasteiger partial charge in [-0.15, -0.1) is 11.3 Å². The molecule has 17 heavy (non-hydrogen) atoms. The van der Waals surface area contributed by atoms with Crippen LogP contribution in [-0.4, -0.2) is 0 Å². The number of nitrogens with two attached hydrogens (primary N) is 1. The molecule has 90 valence electrons. The Morgan fingerprint density at radius 3 is 2.65 bits per heavy atom. The van der Waals surface area contributed by atoms with Crippen LogP contribution in [0, 0.1) is 5.82 Å². The summed E-state index contributed by atoms with van der Waals surface area (Å²) in [6.07, 6.45) is 0.758. The van der Waals surface area contributed by atoms with Crippen molar-refractivity contribution >= 4 is 43.2 Å². The van der Waals surface area contributed by atoms with Crippen molar-refractivity contribution in [1.29, 1.82) is 0 Å². The highest BCUT2D eigenvalue weighted by Gasteiger charge is 2.10. The molecule has 0 saturated heterocycles. The molecule has 0 radical (unpaired) electrons. The molecule has 1 heterocycles. The molecule has 2 aromatic rings. The van der Waals surface area contributed by atoms with Gasteiger partial charge in [0.2, 0.25) is 0 Å². The molecule has 0 amide bonds. The zero-order valence-electron chi connectivity index (χ0n) is 8.79. The Balaban J connectivity index is 2.14. The summed E-state index contributed by atoms with van der Waals surface area (Å²) in [5, 5.41) is 2.03. The summed E-state index contributed by atoms with van der Waals surface area (Å²) in [6, 6.07) is 6.85. The summed E-state index contributed by atoms with van der Waals surface area (Å²) in [4.78, 5) is 1.21. The topological polar surface area (TPSA) is 26.0 Å². The highest BCUT2D eigenvalue weighted by atomic mass is 79.9. The SMILES string of the molecule is NC(Cc1cc(Br)cs1)c1ccc(F)c(Br)c1. The summed E-state index contributed by atoms with van der Waals surface area (Å²) in [5.41, 5.74) is 7.04. The van der Waals surface area contributed by atoms with Crippen molar-refractivity contribution < 1.29 is 4.39 Å². The van der Waals surface area contributed by atoms with Crippen LogP contribution >= 0.6 is 43.2 Å². The molecule has 0 bridgehead atoms. The molecular weight excluding hydrogens is 369 g/mol. The molecule has 1 aromatic heterocycles. The van der Waals surface area contributed by atoms with E-state index in [9.17, 15) is 4.39 Å². The molecule has 5 heteroatoms. The van der Waals surface area contributed by atoms with Crippen LogP contribution in [-0.2, 0) is 6.42 Å². The minimum Gasteiger partial charge on any atom is -0.324 e. The van der Waals surface area contributed by atoms with Gasteiger partial charge < -0.3 is 5.73 Å². The fourth-order valence-corrected chi connectivity index (χ4v) is 3.45. The van der Waals surface area contributed by atoms with Gasteiger partial charge in [0.05, 0.1) is 4.47 Å². The predicted molar refractivity (Wildman–Crippen MR) is 76.8 cm³/mol. The third kappa shape index (κ3) is 3.37. The Hall–Kier alpha value is -0.230. The maximum atomic E-state index is 13.1.